The van der Waals surface area contributed by atoms with Crippen molar-refractivity contribution in [3.63, 3.8) is 0 Å². The van der Waals surface area contributed by atoms with E-state index in [9.17, 15) is 9.90 Å². The van der Waals surface area contributed by atoms with E-state index in [2.05, 4.69) is 21.2 Å². The Morgan fingerprint density at radius 2 is 2.35 bits per heavy atom. The smallest absolute Gasteiger partial charge is 0.255 e. The van der Waals surface area contributed by atoms with Gasteiger partial charge in [-0.15, -0.1) is 0 Å². The Balaban J connectivity index is 2.07. The molecule has 0 bridgehead atoms. The predicted molar refractivity (Wildman–Crippen MR) is 62.4 cm³/mol. The Morgan fingerprint density at radius 3 is 2.88 bits per heavy atom. The third-order valence-electron chi connectivity index (χ3n) is 2.20. The van der Waals surface area contributed by atoms with Crippen LogP contribution in [-0.4, -0.2) is 17.6 Å². The summed E-state index contributed by atoms with van der Waals surface area (Å²) in [7, 11) is 0. The lowest BCUT2D eigenvalue weighted by Gasteiger charge is -2.12. The Labute approximate surface area is 106 Å². The molecule has 5 nitrogen and oxygen atoms in total. The van der Waals surface area contributed by atoms with Crippen molar-refractivity contribution in [1.82, 2.24) is 5.32 Å². The van der Waals surface area contributed by atoms with Crippen LogP contribution in [0.25, 0.3) is 0 Å². The van der Waals surface area contributed by atoms with Gasteiger partial charge in [0.05, 0.1) is 18.4 Å². The lowest BCUT2D eigenvalue weighted by molar-refractivity contribution is 0.0906. The fourth-order valence-electron chi connectivity index (χ4n) is 1.37. The maximum Gasteiger partial charge on any atom is 0.255 e. The van der Waals surface area contributed by atoms with Crippen LogP contribution in [0.4, 0.5) is 0 Å². The molecule has 0 saturated carbocycles. The molecule has 2 N–H and O–H groups in total. The van der Waals surface area contributed by atoms with Crippen molar-refractivity contribution in [3.05, 3.63) is 46.7 Å². The Kier molecular flexibility index (Phi) is 3.65. The minimum absolute atomic E-state index is 0.238. The molecule has 0 radical (unpaired) electrons. The summed E-state index contributed by atoms with van der Waals surface area (Å²) in [5.74, 6) is 0.165. The van der Waals surface area contributed by atoms with Gasteiger partial charge in [0.1, 0.15) is 18.1 Å². The first kappa shape index (κ1) is 11.9. The van der Waals surface area contributed by atoms with Crippen molar-refractivity contribution < 1.29 is 18.7 Å². The summed E-state index contributed by atoms with van der Waals surface area (Å²) in [4.78, 5) is 11.8. The number of aliphatic hydroxyl groups is 1. The van der Waals surface area contributed by atoms with Crippen LogP contribution in [0.1, 0.15) is 22.2 Å². The Hall–Kier alpha value is -1.53. The van der Waals surface area contributed by atoms with Gasteiger partial charge < -0.3 is 19.3 Å². The zero-order chi connectivity index (χ0) is 12.3. The van der Waals surface area contributed by atoms with Gasteiger partial charge in [0.25, 0.3) is 5.91 Å². The molecule has 0 aromatic carbocycles. The Bertz CT molecular complexity index is 491. The normalized spacial score (nSPS) is 12.4. The summed E-state index contributed by atoms with van der Waals surface area (Å²) in [6.07, 6.45) is 2.81. The monoisotopic (exact) mass is 299 g/mol. The second-order valence-electron chi connectivity index (χ2n) is 3.36. The van der Waals surface area contributed by atoms with Crippen molar-refractivity contribution in [1.29, 1.82) is 0 Å². The second-order valence-corrected chi connectivity index (χ2v) is 4.15. The van der Waals surface area contributed by atoms with Gasteiger partial charge in [0.15, 0.2) is 4.67 Å². The third kappa shape index (κ3) is 2.78. The molecule has 0 aliphatic carbocycles. The fourth-order valence-corrected chi connectivity index (χ4v) is 1.71. The van der Waals surface area contributed by atoms with E-state index in [1.165, 1.54) is 12.5 Å². The minimum Gasteiger partial charge on any atom is -0.467 e. The highest BCUT2D eigenvalue weighted by atomic mass is 79.9. The fraction of sp³-hybridized carbons (Fsp3) is 0.182. The molecule has 1 amide bonds. The molecule has 0 spiro atoms. The van der Waals surface area contributed by atoms with Crippen molar-refractivity contribution in [2.45, 2.75) is 6.04 Å². The highest BCUT2D eigenvalue weighted by molar-refractivity contribution is 9.10. The van der Waals surface area contributed by atoms with Gasteiger partial charge in [-0.1, -0.05) is 0 Å². The van der Waals surface area contributed by atoms with E-state index in [0.29, 0.717) is 16.0 Å². The second kappa shape index (κ2) is 5.20. The van der Waals surface area contributed by atoms with Gasteiger partial charge >= 0.3 is 0 Å². The third-order valence-corrected chi connectivity index (χ3v) is 2.62. The van der Waals surface area contributed by atoms with Crippen molar-refractivity contribution in [3.8, 4) is 0 Å². The van der Waals surface area contributed by atoms with Gasteiger partial charge in [-0.05, 0) is 28.1 Å². The lowest BCUT2D eigenvalue weighted by Crippen LogP contribution is -2.30. The van der Waals surface area contributed by atoms with Crippen molar-refractivity contribution >= 4 is 21.8 Å². The molecule has 1 atom stereocenters. The molecular weight excluding hydrogens is 290 g/mol. The van der Waals surface area contributed by atoms with Crippen molar-refractivity contribution in [2.75, 3.05) is 6.61 Å². The van der Waals surface area contributed by atoms with Gasteiger partial charge in [-0.25, -0.2) is 0 Å². The molecule has 2 rings (SSSR count). The molecule has 2 aromatic heterocycles. The summed E-state index contributed by atoms with van der Waals surface area (Å²) >= 11 is 3.11. The van der Waals surface area contributed by atoms with Gasteiger partial charge in [-0.2, -0.15) is 0 Å². The number of halogens is 1. The molecular formula is C11H10BrNO4. The van der Waals surface area contributed by atoms with Crippen LogP contribution >= 0.6 is 15.9 Å². The number of amides is 1. The first-order valence-corrected chi connectivity index (χ1v) is 5.69. The van der Waals surface area contributed by atoms with Gasteiger partial charge in [0, 0.05) is 6.07 Å². The largest absolute Gasteiger partial charge is 0.467 e. The van der Waals surface area contributed by atoms with E-state index >= 15 is 0 Å². The number of rotatable bonds is 4. The van der Waals surface area contributed by atoms with Gasteiger partial charge in [-0.3, -0.25) is 4.79 Å². The quantitative estimate of drug-likeness (QED) is 0.906. The SMILES string of the molecule is O=C(NC(CO)c1ccco1)c1coc(Br)c1. The molecule has 0 saturated heterocycles. The number of carbonyl (C=O) groups excluding carboxylic acids is 1. The number of furan rings is 2. The molecule has 1 unspecified atom stereocenters. The first-order chi connectivity index (χ1) is 8.20. The van der Waals surface area contributed by atoms with Crippen LogP contribution < -0.4 is 5.32 Å². The molecule has 17 heavy (non-hydrogen) atoms. The molecule has 6 heteroatoms. The summed E-state index contributed by atoms with van der Waals surface area (Å²) in [6, 6.07) is 4.36. The van der Waals surface area contributed by atoms with E-state index in [-0.39, 0.29) is 12.5 Å². The van der Waals surface area contributed by atoms with E-state index in [1.54, 1.807) is 18.2 Å². The molecule has 0 fully saturated rings. The molecule has 0 aliphatic heterocycles. The number of nitrogens with one attached hydrogen (secondary N) is 1. The molecule has 2 aromatic rings. The summed E-state index contributed by atoms with van der Waals surface area (Å²) in [5, 5.41) is 11.8. The number of aliphatic hydroxyl groups excluding tert-OH is 1. The molecule has 90 valence electrons. The van der Waals surface area contributed by atoms with Crippen LogP contribution in [-0.2, 0) is 0 Å². The number of hydrogen-bond acceptors (Lipinski definition) is 4. The van der Waals surface area contributed by atoms with E-state index in [4.69, 9.17) is 8.83 Å². The van der Waals surface area contributed by atoms with Crippen LogP contribution in [0.2, 0.25) is 0 Å². The summed E-state index contributed by atoms with van der Waals surface area (Å²) in [5.41, 5.74) is 0.377. The van der Waals surface area contributed by atoms with Crippen LogP contribution in [0.3, 0.4) is 0 Å². The lowest BCUT2D eigenvalue weighted by atomic mass is 10.2. The molecule has 2 heterocycles. The average Bonchev–Trinajstić information content (AvgIpc) is 2.96. The van der Waals surface area contributed by atoms with Crippen LogP contribution in [0.15, 0.2) is 44.2 Å². The number of carbonyl (C=O) groups is 1. The highest BCUT2D eigenvalue weighted by Gasteiger charge is 2.18. The maximum absolute atomic E-state index is 11.8. The molecule has 0 aliphatic rings. The van der Waals surface area contributed by atoms with E-state index in [0.717, 1.165) is 0 Å². The zero-order valence-electron chi connectivity index (χ0n) is 8.72. The topological polar surface area (TPSA) is 75.6 Å². The number of hydrogen-bond donors (Lipinski definition) is 2. The summed E-state index contributed by atoms with van der Waals surface area (Å²) < 4.78 is 10.6. The Morgan fingerprint density at radius 1 is 1.53 bits per heavy atom. The van der Waals surface area contributed by atoms with Crippen LogP contribution in [0, 0.1) is 0 Å². The maximum atomic E-state index is 11.8. The average molecular weight is 300 g/mol. The first-order valence-electron chi connectivity index (χ1n) is 4.90. The highest BCUT2D eigenvalue weighted by Crippen LogP contribution is 2.17. The standard InChI is InChI=1S/C11H10BrNO4/c12-10-4-7(6-17-10)11(15)13-8(5-14)9-2-1-3-16-9/h1-4,6,8,14H,5H2,(H,13,15). The summed E-state index contributed by atoms with van der Waals surface area (Å²) in [6.45, 7) is -0.238. The van der Waals surface area contributed by atoms with Crippen molar-refractivity contribution in [2.24, 2.45) is 0 Å². The predicted octanol–water partition coefficient (Wildman–Crippen LogP) is 2.10. The van der Waals surface area contributed by atoms with Crippen LogP contribution in [0.5, 0.6) is 0 Å². The van der Waals surface area contributed by atoms with Gasteiger partial charge in [0.2, 0.25) is 0 Å². The van der Waals surface area contributed by atoms with E-state index < -0.39 is 6.04 Å². The van der Waals surface area contributed by atoms with E-state index in [1.807, 2.05) is 0 Å². The minimum atomic E-state index is -0.564. The zero-order valence-corrected chi connectivity index (χ0v) is 10.3.